The second kappa shape index (κ2) is 7.61. The van der Waals surface area contributed by atoms with Crippen molar-refractivity contribution in [3.8, 4) is 11.1 Å². The van der Waals surface area contributed by atoms with Gasteiger partial charge in [0.05, 0.1) is 16.6 Å². The zero-order valence-electron chi connectivity index (χ0n) is 23.2. The molecule has 0 saturated heterocycles. The van der Waals surface area contributed by atoms with Crippen molar-refractivity contribution in [1.29, 1.82) is 0 Å². The number of aromatic nitrogens is 1. The Morgan fingerprint density at radius 2 is 0.949 bits per heavy atom. The quantitative estimate of drug-likeness (QED) is 0.211. The molecule has 0 bridgehead atoms. The Labute approximate surface area is 228 Å². The molecule has 0 aliphatic carbocycles. The monoisotopic (exact) mass is 501 g/mol. The SMILES string of the molecule is Cc1cc(C(C)(C)C)cc(C)c1-c1cc2c3cc4ccccc4cc3n3c4cc5ccccc5cc4c(c1)c23. The summed E-state index contributed by atoms with van der Waals surface area (Å²) < 4.78 is 2.51. The first-order valence-corrected chi connectivity index (χ1v) is 13.9. The van der Waals surface area contributed by atoms with E-state index in [1.807, 2.05) is 0 Å². The number of aryl methyl sites for hydroxylation is 2. The summed E-state index contributed by atoms with van der Waals surface area (Å²) in [7, 11) is 0. The predicted octanol–water partition coefficient (Wildman–Crippen LogP) is 10.7. The molecule has 2 aromatic heterocycles. The molecule has 188 valence electrons. The van der Waals surface area contributed by atoms with Crippen LogP contribution in [0.4, 0.5) is 0 Å². The second-order valence-corrected chi connectivity index (χ2v) is 12.4. The molecule has 6 aromatic carbocycles. The maximum atomic E-state index is 2.51. The first-order valence-electron chi connectivity index (χ1n) is 13.9. The van der Waals surface area contributed by atoms with Crippen LogP contribution in [-0.2, 0) is 5.41 Å². The molecule has 0 fully saturated rings. The summed E-state index contributed by atoms with van der Waals surface area (Å²) >= 11 is 0. The fourth-order valence-corrected chi connectivity index (χ4v) is 6.91. The lowest BCUT2D eigenvalue weighted by atomic mass is 9.82. The number of fused-ring (bicyclic) bond motifs is 8. The van der Waals surface area contributed by atoms with Crippen LogP contribution >= 0.6 is 0 Å². The van der Waals surface area contributed by atoms with E-state index in [-0.39, 0.29) is 5.41 Å². The van der Waals surface area contributed by atoms with Gasteiger partial charge in [0.1, 0.15) is 0 Å². The third kappa shape index (κ3) is 3.14. The highest BCUT2D eigenvalue weighted by atomic mass is 14.9. The number of nitrogens with zero attached hydrogens (tertiary/aromatic N) is 1. The number of hydrogen-bond donors (Lipinski definition) is 0. The van der Waals surface area contributed by atoms with Gasteiger partial charge in [-0.15, -0.1) is 0 Å². The molecule has 2 heterocycles. The number of rotatable bonds is 1. The van der Waals surface area contributed by atoms with E-state index >= 15 is 0 Å². The highest BCUT2D eigenvalue weighted by molar-refractivity contribution is 6.27. The summed E-state index contributed by atoms with van der Waals surface area (Å²) in [5.41, 5.74) is 10.8. The van der Waals surface area contributed by atoms with Gasteiger partial charge >= 0.3 is 0 Å². The van der Waals surface area contributed by atoms with Crippen LogP contribution in [0.15, 0.2) is 97.1 Å². The van der Waals surface area contributed by atoms with Gasteiger partial charge in [0.15, 0.2) is 0 Å². The number of hydrogen-bond acceptors (Lipinski definition) is 0. The molecule has 8 rings (SSSR count). The van der Waals surface area contributed by atoms with Crippen LogP contribution in [0.5, 0.6) is 0 Å². The predicted molar refractivity (Wildman–Crippen MR) is 170 cm³/mol. The molecule has 0 unspecified atom stereocenters. The first kappa shape index (κ1) is 22.6. The Balaban J connectivity index is 1.57. The molecule has 0 saturated carbocycles. The van der Waals surface area contributed by atoms with E-state index in [0.717, 1.165) is 0 Å². The van der Waals surface area contributed by atoms with E-state index in [1.165, 1.54) is 87.5 Å². The lowest BCUT2D eigenvalue weighted by molar-refractivity contribution is 0.589. The molecule has 1 nitrogen and oxygen atoms in total. The average molecular weight is 502 g/mol. The van der Waals surface area contributed by atoms with Crippen molar-refractivity contribution in [2.75, 3.05) is 0 Å². The normalized spacial score (nSPS) is 12.7. The Bertz CT molecular complexity index is 2120. The van der Waals surface area contributed by atoms with Crippen molar-refractivity contribution < 1.29 is 0 Å². The van der Waals surface area contributed by atoms with E-state index in [4.69, 9.17) is 0 Å². The van der Waals surface area contributed by atoms with Crippen molar-refractivity contribution in [2.45, 2.75) is 40.0 Å². The van der Waals surface area contributed by atoms with Gasteiger partial charge in [0.2, 0.25) is 0 Å². The molecule has 1 heteroatoms. The highest BCUT2D eigenvalue weighted by Gasteiger charge is 2.22. The summed E-state index contributed by atoms with van der Waals surface area (Å²) in [6.07, 6.45) is 0. The van der Waals surface area contributed by atoms with E-state index in [9.17, 15) is 0 Å². The van der Waals surface area contributed by atoms with Crippen LogP contribution in [0, 0.1) is 13.8 Å². The largest absolute Gasteiger partial charge is 0.308 e. The summed E-state index contributed by atoms with van der Waals surface area (Å²) in [5, 5.41) is 10.5. The molecule has 39 heavy (non-hydrogen) atoms. The molecular weight excluding hydrogens is 470 g/mol. The summed E-state index contributed by atoms with van der Waals surface area (Å²) in [4.78, 5) is 0. The molecule has 8 aromatic rings. The molecule has 0 atom stereocenters. The molecule has 0 aliphatic rings. The zero-order valence-corrected chi connectivity index (χ0v) is 23.2. The Morgan fingerprint density at radius 3 is 1.38 bits per heavy atom. The molecule has 0 N–H and O–H groups in total. The summed E-state index contributed by atoms with van der Waals surface area (Å²) in [6, 6.07) is 36.7. The van der Waals surface area contributed by atoms with Gasteiger partial charge < -0.3 is 4.40 Å². The smallest absolute Gasteiger partial charge is 0.0620 e. The minimum absolute atomic E-state index is 0.126. The van der Waals surface area contributed by atoms with Crippen molar-refractivity contribution >= 4 is 59.6 Å². The summed E-state index contributed by atoms with van der Waals surface area (Å²) in [6.45, 7) is 11.5. The van der Waals surface area contributed by atoms with Gasteiger partial charge in [0, 0.05) is 21.5 Å². The van der Waals surface area contributed by atoms with E-state index in [1.54, 1.807) is 0 Å². The van der Waals surface area contributed by atoms with Crippen LogP contribution in [0.2, 0.25) is 0 Å². The fourth-order valence-electron chi connectivity index (χ4n) is 6.91. The van der Waals surface area contributed by atoms with Crippen LogP contribution in [0.3, 0.4) is 0 Å². The highest BCUT2D eigenvalue weighted by Crippen LogP contribution is 2.44. The van der Waals surface area contributed by atoms with Crippen LogP contribution < -0.4 is 0 Å². The molecular formula is C38H31N. The maximum Gasteiger partial charge on any atom is 0.0620 e. The van der Waals surface area contributed by atoms with Crippen LogP contribution in [0.25, 0.3) is 70.8 Å². The average Bonchev–Trinajstić information content (AvgIpc) is 3.40. The zero-order chi connectivity index (χ0) is 26.6. The van der Waals surface area contributed by atoms with Gasteiger partial charge in [-0.1, -0.05) is 81.4 Å². The minimum Gasteiger partial charge on any atom is -0.308 e. The van der Waals surface area contributed by atoms with E-state index < -0.39 is 0 Å². The second-order valence-electron chi connectivity index (χ2n) is 12.4. The third-order valence-electron chi connectivity index (χ3n) is 8.81. The minimum atomic E-state index is 0.126. The lowest BCUT2D eigenvalue weighted by Gasteiger charge is -2.22. The van der Waals surface area contributed by atoms with E-state index in [0.29, 0.717) is 0 Å². The number of benzene rings is 6. The first-order chi connectivity index (χ1) is 18.8. The maximum absolute atomic E-state index is 2.51. The van der Waals surface area contributed by atoms with Crippen molar-refractivity contribution in [1.82, 2.24) is 4.40 Å². The molecule has 0 radical (unpaired) electrons. The van der Waals surface area contributed by atoms with Crippen molar-refractivity contribution in [3.63, 3.8) is 0 Å². The Kier molecular flexibility index (Phi) is 4.41. The van der Waals surface area contributed by atoms with E-state index in [2.05, 4.69) is 136 Å². The molecule has 0 spiro atoms. The third-order valence-corrected chi connectivity index (χ3v) is 8.81. The van der Waals surface area contributed by atoms with Gasteiger partial charge in [-0.05, 0) is 105 Å². The van der Waals surface area contributed by atoms with Crippen LogP contribution in [-0.4, -0.2) is 4.40 Å². The van der Waals surface area contributed by atoms with Gasteiger partial charge in [-0.25, -0.2) is 0 Å². The Hall–Kier alpha value is -4.36. The van der Waals surface area contributed by atoms with Crippen LogP contribution in [0.1, 0.15) is 37.5 Å². The Morgan fingerprint density at radius 1 is 0.513 bits per heavy atom. The standard InChI is InChI=1S/C38H31N/c1-22-14-29(38(3,4)5)15-23(2)36(22)28-18-32-30-16-24-10-6-8-12-26(24)20-34(30)39-35-21-27-13-9-7-11-25(27)17-31(35)33(19-28)37(32)39/h6-21H,1-5H3. The molecule has 0 amide bonds. The molecule has 0 aliphatic heterocycles. The summed E-state index contributed by atoms with van der Waals surface area (Å²) in [5.74, 6) is 0. The lowest BCUT2D eigenvalue weighted by Crippen LogP contribution is -2.12. The van der Waals surface area contributed by atoms with Crippen molar-refractivity contribution in [3.05, 3.63) is 114 Å². The topological polar surface area (TPSA) is 4.41 Å². The van der Waals surface area contributed by atoms with Gasteiger partial charge in [-0.3, -0.25) is 0 Å². The van der Waals surface area contributed by atoms with Gasteiger partial charge in [0.25, 0.3) is 0 Å². The van der Waals surface area contributed by atoms with Gasteiger partial charge in [-0.2, -0.15) is 0 Å². The van der Waals surface area contributed by atoms with Crippen molar-refractivity contribution in [2.24, 2.45) is 0 Å². The fraction of sp³-hybridized carbons (Fsp3) is 0.158.